The number of urea groups is 1. The van der Waals surface area contributed by atoms with Gasteiger partial charge in [0.1, 0.15) is 12.1 Å². The maximum Gasteiger partial charge on any atom is 0.315 e. The van der Waals surface area contributed by atoms with Crippen LogP contribution in [0.3, 0.4) is 0 Å². The fourth-order valence-electron chi connectivity index (χ4n) is 2.00. The van der Waals surface area contributed by atoms with E-state index < -0.39 is 0 Å². The number of imidazole rings is 1. The molecule has 0 aliphatic heterocycles. The average molecular weight is 313 g/mol. The fourth-order valence-corrected chi connectivity index (χ4v) is 2.65. The van der Waals surface area contributed by atoms with Gasteiger partial charge in [0.05, 0.1) is 6.54 Å². The third kappa shape index (κ3) is 3.50. The summed E-state index contributed by atoms with van der Waals surface area (Å²) in [5.74, 6) is 0.763. The van der Waals surface area contributed by atoms with Crippen LogP contribution in [0.15, 0.2) is 54.6 Å². The van der Waals surface area contributed by atoms with Crippen LogP contribution < -0.4 is 10.6 Å². The van der Waals surface area contributed by atoms with Crippen LogP contribution in [-0.4, -0.2) is 20.6 Å². The van der Waals surface area contributed by atoms with Crippen LogP contribution in [0.4, 0.5) is 4.79 Å². The van der Waals surface area contributed by atoms with Crippen LogP contribution in [0.1, 0.15) is 10.4 Å². The zero-order chi connectivity index (χ0) is 15.2. The lowest BCUT2D eigenvalue weighted by Gasteiger charge is -2.10. The van der Waals surface area contributed by atoms with E-state index in [-0.39, 0.29) is 6.03 Å². The third-order valence-electron chi connectivity index (χ3n) is 3.06. The van der Waals surface area contributed by atoms with Crippen LogP contribution in [0, 0.1) is 0 Å². The molecule has 6 nitrogen and oxygen atoms in total. The van der Waals surface area contributed by atoms with Crippen molar-refractivity contribution in [1.29, 1.82) is 0 Å². The summed E-state index contributed by atoms with van der Waals surface area (Å²) >= 11 is 1.62. The monoisotopic (exact) mass is 313 g/mol. The number of rotatable bonds is 5. The fraction of sp³-hybridized carbons (Fsp3) is 0.133. The molecule has 0 bridgehead atoms. The van der Waals surface area contributed by atoms with E-state index in [0.29, 0.717) is 13.1 Å². The summed E-state index contributed by atoms with van der Waals surface area (Å²) < 4.78 is 1.82. The molecule has 2 N–H and O–H groups in total. The average Bonchev–Trinajstić information content (AvgIpc) is 3.24. The minimum atomic E-state index is -0.200. The Balaban J connectivity index is 1.58. The van der Waals surface area contributed by atoms with Crippen molar-refractivity contribution in [2.24, 2.45) is 0 Å². The van der Waals surface area contributed by atoms with Crippen molar-refractivity contribution in [3.63, 3.8) is 0 Å². The standard InChI is InChI=1S/C15H15N5OS/c21-15(19-10-13-4-2-8-22-13)18-9-12-3-1-5-17-14(12)20-7-6-16-11-20/h1-8,11H,9-10H2,(H2,18,19,21). The second-order valence-corrected chi connectivity index (χ2v) is 5.60. The molecule has 0 saturated carbocycles. The van der Waals surface area contributed by atoms with Gasteiger partial charge in [0.2, 0.25) is 0 Å². The Labute approximate surface area is 131 Å². The number of amides is 2. The molecule has 3 aromatic rings. The second-order valence-electron chi connectivity index (χ2n) is 4.57. The summed E-state index contributed by atoms with van der Waals surface area (Å²) in [6.07, 6.45) is 6.92. The van der Waals surface area contributed by atoms with Gasteiger partial charge in [-0.25, -0.2) is 14.8 Å². The van der Waals surface area contributed by atoms with Crippen molar-refractivity contribution in [3.05, 3.63) is 65.0 Å². The third-order valence-corrected chi connectivity index (χ3v) is 3.94. The zero-order valence-electron chi connectivity index (χ0n) is 11.8. The van der Waals surface area contributed by atoms with Crippen molar-refractivity contribution in [1.82, 2.24) is 25.2 Å². The number of thiophene rings is 1. The molecule has 2 amide bonds. The van der Waals surface area contributed by atoms with Crippen molar-refractivity contribution in [3.8, 4) is 5.82 Å². The topological polar surface area (TPSA) is 71.8 Å². The van der Waals surface area contributed by atoms with E-state index >= 15 is 0 Å². The first-order valence-electron chi connectivity index (χ1n) is 6.79. The molecule has 0 fully saturated rings. The quantitative estimate of drug-likeness (QED) is 0.759. The molecule has 0 spiro atoms. The Morgan fingerprint density at radius 3 is 2.86 bits per heavy atom. The lowest BCUT2D eigenvalue weighted by molar-refractivity contribution is 0.240. The largest absolute Gasteiger partial charge is 0.334 e. The molecule has 0 aliphatic rings. The maximum atomic E-state index is 11.9. The zero-order valence-corrected chi connectivity index (χ0v) is 12.6. The summed E-state index contributed by atoms with van der Waals surface area (Å²) in [6.45, 7) is 0.933. The van der Waals surface area contributed by atoms with E-state index in [1.807, 2.05) is 40.4 Å². The highest BCUT2D eigenvalue weighted by atomic mass is 32.1. The number of nitrogens with zero attached hydrogens (tertiary/aromatic N) is 3. The summed E-state index contributed by atoms with van der Waals surface area (Å²) in [6, 6.07) is 7.53. The van der Waals surface area contributed by atoms with Gasteiger partial charge in [-0.2, -0.15) is 0 Å². The molecule has 7 heteroatoms. The lowest BCUT2D eigenvalue weighted by Crippen LogP contribution is -2.34. The van der Waals surface area contributed by atoms with Crippen molar-refractivity contribution >= 4 is 17.4 Å². The number of pyridine rings is 1. The molecule has 0 radical (unpaired) electrons. The van der Waals surface area contributed by atoms with Crippen LogP contribution in [0.25, 0.3) is 5.82 Å². The number of carbonyl (C=O) groups is 1. The first-order chi connectivity index (χ1) is 10.8. The van der Waals surface area contributed by atoms with Crippen LogP contribution in [-0.2, 0) is 13.1 Å². The normalized spacial score (nSPS) is 10.4. The van der Waals surface area contributed by atoms with Crippen LogP contribution in [0.5, 0.6) is 0 Å². The van der Waals surface area contributed by atoms with E-state index in [9.17, 15) is 4.79 Å². The molecule has 112 valence electrons. The molecule has 0 unspecified atom stereocenters. The van der Waals surface area contributed by atoms with E-state index in [1.165, 1.54) is 0 Å². The van der Waals surface area contributed by atoms with Gasteiger partial charge in [0, 0.05) is 35.6 Å². The first kappa shape index (κ1) is 14.3. The van der Waals surface area contributed by atoms with Gasteiger partial charge in [0.15, 0.2) is 0 Å². The van der Waals surface area contributed by atoms with Gasteiger partial charge in [-0.1, -0.05) is 12.1 Å². The summed E-state index contributed by atoms with van der Waals surface area (Å²) in [7, 11) is 0. The lowest BCUT2D eigenvalue weighted by atomic mass is 10.2. The number of aromatic nitrogens is 3. The van der Waals surface area contributed by atoms with Gasteiger partial charge >= 0.3 is 6.03 Å². The Kier molecular flexibility index (Phi) is 4.45. The van der Waals surface area contributed by atoms with Crippen LogP contribution >= 0.6 is 11.3 Å². The summed E-state index contributed by atoms with van der Waals surface area (Å²) in [4.78, 5) is 21.3. The molecular weight excluding hydrogens is 298 g/mol. The first-order valence-corrected chi connectivity index (χ1v) is 7.67. The van der Waals surface area contributed by atoms with E-state index in [0.717, 1.165) is 16.3 Å². The number of carbonyl (C=O) groups excluding carboxylic acids is 1. The molecule has 0 atom stereocenters. The molecular formula is C15H15N5OS. The highest BCUT2D eigenvalue weighted by molar-refractivity contribution is 7.09. The van der Waals surface area contributed by atoms with Gasteiger partial charge in [0.25, 0.3) is 0 Å². The van der Waals surface area contributed by atoms with Gasteiger partial charge in [-0.05, 0) is 17.5 Å². The number of hydrogen-bond donors (Lipinski definition) is 2. The molecule has 0 aliphatic carbocycles. The molecule has 0 aromatic carbocycles. The predicted octanol–water partition coefficient (Wildman–Crippen LogP) is 2.33. The second kappa shape index (κ2) is 6.86. The Hall–Kier alpha value is -2.67. The van der Waals surface area contributed by atoms with Gasteiger partial charge in [-0.3, -0.25) is 4.57 Å². The Morgan fingerprint density at radius 2 is 2.09 bits per heavy atom. The maximum absolute atomic E-state index is 11.9. The minimum absolute atomic E-state index is 0.200. The smallest absolute Gasteiger partial charge is 0.315 e. The predicted molar refractivity (Wildman–Crippen MR) is 84.8 cm³/mol. The van der Waals surface area contributed by atoms with Crippen molar-refractivity contribution < 1.29 is 4.79 Å². The van der Waals surface area contributed by atoms with E-state index in [1.54, 1.807) is 30.1 Å². The van der Waals surface area contributed by atoms with Gasteiger partial charge < -0.3 is 10.6 Å². The highest BCUT2D eigenvalue weighted by Gasteiger charge is 2.07. The van der Waals surface area contributed by atoms with E-state index in [4.69, 9.17) is 0 Å². The molecule has 0 saturated heterocycles. The summed E-state index contributed by atoms with van der Waals surface area (Å²) in [5, 5.41) is 7.66. The van der Waals surface area contributed by atoms with E-state index in [2.05, 4.69) is 20.6 Å². The van der Waals surface area contributed by atoms with Crippen molar-refractivity contribution in [2.75, 3.05) is 0 Å². The number of nitrogens with one attached hydrogen (secondary N) is 2. The molecule has 3 rings (SSSR count). The Morgan fingerprint density at radius 1 is 1.18 bits per heavy atom. The van der Waals surface area contributed by atoms with Crippen molar-refractivity contribution in [2.45, 2.75) is 13.1 Å². The molecule has 3 heterocycles. The van der Waals surface area contributed by atoms with Crippen LogP contribution in [0.2, 0.25) is 0 Å². The highest BCUT2D eigenvalue weighted by Crippen LogP contribution is 2.10. The van der Waals surface area contributed by atoms with Gasteiger partial charge in [-0.15, -0.1) is 11.3 Å². The minimum Gasteiger partial charge on any atom is -0.334 e. The SMILES string of the molecule is O=C(NCc1cccs1)NCc1cccnc1-n1ccnc1. The summed E-state index contributed by atoms with van der Waals surface area (Å²) in [5.41, 5.74) is 0.923. The Bertz CT molecular complexity index is 724. The molecule has 22 heavy (non-hydrogen) atoms. The number of hydrogen-bond acceptors (Lipinski definition) is 4. The molecule has 3 aromatic heterocycles.